The average Bonchev–Trinajstić information content (AvgIpc) is 2.78. The van der Waals surface area contributed by atoms with Crippen LogP contribution >= 0.6 is 0 Å². The number of benzene rings is 1. The number of aryl methyl sites for hydroxylation is 1. The van der Waals surface area contributed by atoms with Crippen molar-refractivity contribution >= 4 is 23.3 Å². The van der Waals surface area contributed by atoms with Gasteiger partial charge in [0.1, 0.15) is 11.5 Å². The number of anilines is 2. The predicted octanol–water partition coefficient (Wildman–Crippen LogP) is 1.54. The van der Waals surface area contributed by atoms with E-state index in [0.29, 0.717) is 11.4 Å². The van der Waals surface area contributed by atoms with Gasteiger partial charge in [0.15, 0.2) is 6.61 Å². The van der Waals surface area contributed by atoms with Gasteiger partial charge in [-0.3, -0.25) is 4.79 Å². The van der Waals surface area contributed by atoms with Crippen LogP contribution in [0.3, 0.4) is 0 Å². The van der Waals surface area contributed by atoms with Gasteiger partial charge in [0.2, 0.25) is 0 Å². The van der Waals surface area contributed by atoms with E-state index in [9.17, 15) is 14.0 Å². The molecule has 0 spiro atoms. The summed E-state index contributed by atoms with van der Waals surface area (Å²) in [5, 5.41) is 2.48. The van der Waals surface area contributed by atoms with E-state index in [2.05, 4.69) is 5.32 Å². The lowest BCUT2D eigenvalue weighted by atomic mass is 10.3. The Morgan fingerprint density at radius 1 is 1.33 bits per heavy atom. The van der Waals surface area contributed by atoms with Crippen LogP contribution in [0.15, 0.2) is 36.5 Å². The first kappa shape index (κ1) is 14.6. The Labute approximate surface area is 120 Å². The van der Waals surface area contributed by atoms with Crippen molar-refractivity contribution in [3.05, 3.63) is 48.0 Å². The van der Waals surface area contributed by atoms with Gasteiger partial charge in [-0.2, -0.15) is 0 Å². The third-order valence-corrected chi connectivity index (χ3v) is 2.70. The van der Waals surface area contributed by atoms with Crippen LogP contribution in [-0.2, 0) is 16.6 Å². The van der Waals surface area contributed by atoms with Crippen molar-refractivity contribution in [1.29, 1.82) is 0 Å². The van der Waals surface area contributed by atoms with Gasteiger partial charge in [-0.05, 0) is 30.3 Å². The lowest BCUT2D eigenvalue weighted by Crippen LogP contribution is -2.21. The largest absolute Gasteiger partial charge is 0.451 e. The lowest BCUT2D eigenvalue weighted by molar-refractivity contribution is -0.119. The van der Waals surface area contributed by atoms with Crippen molar-refractivity contribution in [2.75, 3.05) is 17.7 Å². The molecular formula is C14H14FN3O3. The molecule has 21 heavy (non-hydrogen) atoms. The molecule has 110 valence electrons. The van der Waals surface area contributed by atoms with Gasteiger partial charge in [-0.1, -0.05) is 0 Å². The lowest BCUT2D eigenvalue weighted by Gasteiger charge is -2.07. The molecular weight excluding hydrogens is 277 g/mol. The highest BCUT2D eigenvalue weighted by atomic mass is 19.1. The highest BCUT2D eigenvalue weighted by molar-refractivity contribution is 5.95. The van der Waals surface area contributed by atoms with Crippen molar-refractivity contribution in [1.82, 2.24) is 4.57 Å². The fourth-order valence-corrected chi connectivity index (χ4v) is 1.73. The maximum atomic E-state index is 12.7. The highest BCUT2D eigenvalue weighted by Gasteiger charge is 2.14. The monoisotopic (exact) mass is 291 g/mol. The van der Waals surface area contributed by atoms with Gasteiger partial charge in [0.05, 0.1) is 5.69 Å². The fourth-order valence-electron chi connectivity index (χ4n) is 1.73. The smallest absolute Gasteiger partial charge is 0.355 e. The SMILES string of the molecule is Cn1cc(N)cc1C(=O)OCC(=O)Nc1ccc(F)cc1. The average molecular weight is 291 g/mol. The molecule has 3 N–H and O–H groups in total. The number of hydrogen-bond donors (Lipinski definition) is 2. The summed E-state index contributed by atoms with van der Waals surface area (Å²) in [6.07, 6.45) is 1.56. The number of nitrogens with two attached hydrogens (primary N) is 1. The predicted molar refractivity (Wildman–Crippen MR) is 75.1 cm³/mol. The Hall–Kier alpha value is -2.83. The molecule has 1 aromatic carbocycles. The molecule has 0 radical (unpaired) electrons. The van der Waals surface area contributed by atoms with Crippen molar-refractivity contribution in [2.24, 2.45) is 7.05 Å². The van der Waals surface area contributed by atoms with Crippen LogP contribution < -0.4 is 11.1 Å². The van der Waals surface area contributed by atoms with E-state index >= 15 is 0 Å². The maximum absolute atomic E-state index is 12.7. The molecule has 0 aliphatic carbocycles. The van der Waals surface area contributed by atoms with E-state index in [-0.39, 0.29) is 5.69 Å². The topological polar surface area (TPSA) is 86.3 Å². The molecule has 2 aromatic rings. The van der Waals surface area contributed by atoms with Gasteiger partial charge >= 0.3 is 5.97 Å². The van der Waals surface area contributed by atoms with Crippen molar-refractivity contribution in [3.63, 3.8) is 0 Å². The summed E-state index contributed by atoms with van der Waals surface area (Å²) in [5.41, 5.74) is 6.65. The highest BCUT2D eigenvalue weighted by Crippen LogP contribution is 2.10. The van der Waals surface area contributed by atoms with E-state index in [1.165, 1.54) is 34.9 Å². The molecule has 0 saturated heterocycles. The minimum atomic E-state index is -0.650. The molecule has 1 amide bonds. The second kappa shape index (κ2) is 6.08. The molecule has 0 aliphatic rings. The summed E-state index contributed by atoms with van der Waals surface area (Å²) < 4.78 is 19.1. The Morgan fingerprint density at radius 2 is 2.00 bits per heavy atom. The molecule has 0 bridgehead atoms. The molecule has 0 fully saturated rings. The second-order valence-corrected chi connectivity index (χ2v) is 4.40. The molecule has 1 aromatic heterocycles. The number of halogens is 1. The van der Waals surface area contributed by atoms with Crippen LogP contribution in [0.1, 0.15) is 10.5 Å². The van der Waals surface area contributed by atoms with Crippen LogP contribution in [0.25, 0.3) is 0 Å². The molecule has 0 atom stereocenters. The first-order valence-electron chi connectivity index (χ1n) is 6.10. The van der Waals surface area contributed by atoms with E-state index in [1.54, 1.807) is 13.2 Å². The Kier molecular flexibility index (Phi) is 4.22. The van der Waals surface area contributed by atoms with Crippen LogP contribution in [0.4, 0.5) is 15.8 Å². The third kappa shape index (κ3) is 3.82. The second-order valence-electron chi connectivity index (χ2n) is 4.40. The minimum absolute atomic E-state index is 0.252. The minimum Gasteiger partial charge on any atom is -0.451 e. The van der Waals surface area contributed by atoms with E-state index in [0.717, 1.165) is 0 Å². The number of ether oxygens (including phenoxy) is 1. The zero-order valence-corrected chi connectivity index (χ0v) is 11.3. The summed E-state index contributed by atoms with van der Waals surface area (Å²) in [7, 11) is 1.64. The summed E-state index contributed by atoms with van der Waals surface area (Å²) in [4.78, 5) is 23.4. The first-order valence-corrected chi connectivity index (χ1v) is 6.10. The number of amides is 1. The van der Waals surface area contributed by atoms with E-state index in [1.807, 2.05) is 0 Å². The summed E-state index contributed by atoms with van der Waals surface area (Å²) in [5.74, 6) is -1.57. The molecule has 0 saturated carbocycles. The van der Waals surface area contributed by atoms with Crippen molar-refractivity contribution in [2.45, 2.75) is 0 Å². The van der Waals surface area contributed by atoms with E-state index < -0.39 is 24.3 Å². The van der Waals surface area contributed by atoms with Gasteiger partial charge in [-0.15, -0.1) is 0 Å². The number of carbonyl (C=O) groups excluding carboxylic acids is 2. The number of nitrogen functional groups attached to an aromatic ring is 1. The first-order chi connectivity index (χ1) is 9.95. The number of esters is 1. The number of nitrogens with one attached hydrogen (secondary N) is 1. The van der Waals surface area contributed by atoms with Gasteiger partial charge in [0.25, 0.3) is 5.91 Å². The Bertz CT molecular complexity index is 665. The molecule has 0 aliphatic heterocycles. The quantitative estimate of drug-likeness (QED) is 0.837. The van der Waals surface area contributed by atoms with Crippen LogP contribution in [-0.4, -0.2) is 23.1 Å². The van der Waals surface area contributed by atoms with Crippen LogP contribution in [0.5, 0.6) is 0 Å². The molecule has 1 heterocycles. The van der Waals surface area contributed by atoms with Crippen molar-refractivity contribution < 1.29 is 18.7 Å². The van der Waals surface area contributed by atoms with Gasteiger partial charge in [0, 0.05) is 18.9 Å². The number of carbonyl (C=O) groups is 2. The number of rotatable bonds is 4. The standard InChI is InChI=1S/C14H14FN3O3/c1-18-7-10(16)6-12(18)14(20)21-8-13(19)17-11-4-2-9(15)3-5-11/h2-7H,8,16H2,1H3,(H,17,19). The summed E-state index contributed by atoms with van der Waals surface area (Å²) in [6, 6.07) is 6.71. The van der Waals surface area contributed by atoms with E-state index in [4.69, 9.17) is 10.5 Å². The number of aromatic nitrogens is 1. The summed E-state index contributed by atoms with van der Waals surface area (Å²) in [6.45, 7) is -0.443. The van der Waals surface area contributed by atoms with Crippen LogP contribution in [0.2, 0.25) is 0 Å². The molecule has 2 rings (SSSR count). The Morgan fingerprint density at radius 3 is 2.57 bits per heavy atom. The zero-order chi connectivity index (χ0) is 15.4. The molecule has 0 unspecified atom stereocenters. The maximum Gasteiger partial charge on any atom is 0.355 e. The fraction of sp³-hybridized carbons (Fsp3) is 0.143. The van der Waals surface area contributed by atoms with Gasteiger partial charge in [-0.25, -0.2) is 9.18 Å². The van der Waals surface area contributed by atoms with Crippen molar-refractivity contribution in [3.8, 4) is 0 Å². The zero-order valence-electron chi connectivity index (χ0n) is 11.3. The summed E-state index contributed by atoms with van der Waals surface area (Å²) >= 11 is 0. The molecule has 6 nitrogen and oxygen atoms in total. The van der Waals surface area contributed by atoms with Crippen LogP contribution in [0, 0.1) is 5.82 Å². The molecule has 7 heteroatoms. The third-order valence-electron chi connectivity index (χ3n) is 2.70. The normalized spacial score (nSPS) is 10.2. The Balaban J connectivity index is 1.88. The number of hydrogen-bond acceptors (Lipinski definition) is 4. The number of nitrogens with zero attached hydrogens (tertiary/aromatic N) is 1. The van der Waals surface area contributed by atoms with Gasteiger partial charge < -0.3 is 20.4 Å².